The molecule has 16 heavy (non-hydrogen) atoms. The number of carbonyl (C=O) groups is 1. The Morgan fingerprint density at radius 2 is 2.31 bits per heavy atom. The van der Waals surface area contributed by atoms with Gasteiger partial charge in [-0.2, -0.15) is 0 Å². The third kappa shape index (κ3) is 2.20. The highest BCUT2D eigenvalue weighted by atomic mass is 35.5. The van der Waals surface area contributed by atoms with E-state index in [1.165, 1.54) is 0 Å². The second-order valence-electron chi connectivity index (χ2n) is 4.15. The highest BCUT2D eigenvalue weighted by Crippen LogP contribution is 2.19. The van der Waals surface area contributed by atoms with Crippen molar-refractivity contribution in [3.05, 3.63) is 34.3 Å². The minimum Gasteiger partial charge on any atom is -0.391 e. The van der Waals surface area contributed by atoms with Crippen molar-refractivity contribution in [2.24, 2.45) is 0 Å². The second kappa shape index (κ2) is 4.44. The first-order chi connectivity index (χ1) is 7.58. The monoisotopic (exact) mass is 239 g/mol. The number of aliphatic hydroxyl groups is 1. The van der Waals surface area contributed by atoms with Crippen LogP contribution < -0.4 is 0 Å². The highest BCUT2D eigenvalue weighted by molar-refractivity contribution is 6.30. The maximum absolute atomic E-state index is 12.1. The number of carbonyl (C=O) groups excluding carboxylic acids is 1. The van der Waals surface area contributed by atoms with E-state index in [9.17, 15) is 9.90 Å². The molecule has 1 heterocycles. The smallest absolute Gasteiger partial charge is 0.254 e. The van der Waals surface area contributed by atoms with Crippen molar-refractivity contribution in [3.63, 3.8) is 0 Å². The summed E-state index contributed by atoms with van der Waals surface area (Å²) in [5.74, 6) is -0.0225. The number of benzene rings is 1. The van der Waals surface area contributed by atoms with Crippen LogP contribution >= 0.6 is 11.6 Å². The minimum absolute atomic E-state index is 0.0225. The lowest BCUT2D eigenvalue weighted by molar-refractivity contribution is 0.0764. The van der Waals surface area contributed by atoms with E-state index in [0.717, 1.165) is 5.56 Å². The SMILES string of the molecule is Cc1cc(Cl)ccc1C(=O)N1CCC(O)C1. The third-order valence-electron chi connectivity index (χ3n) is 2.87. The van der Waals surface area contributed by atoms with Crippen LogP contribution in [0.3, 0.4) is 0 Å². The van der Waals surface area contributed by atoms with E-state index in [1.54, 1.807) is 23.1 Å². The van der Waals surface area contributed by atoms with Crippen LogP contribution in [-0.4, -0.2) is 35.1 Å². The quantitative estimate of drug-likeness (QED) is 0.813. The minimum atomic E-state index is -0.378. The van der Waals surface area contributed by atoms with Gasteiger partial charge in [0.15, 0.2) is 0 Å². The van der Waals surface area contributed by atoms with Gasteiger partial charge in [-0.25, -0.2) is 0 Å². The molecule has 0 radical (unpaired) electrons. The Bertz CT molecular complexity index is 419. The molecular weight excluding hydrogens is 226 g/mol. The Kier molecular flexibility index (Phi) is 3.17. The Morgan fingerprint density at radius 1 is 1.56 bits per heavy atom. The van der Waals surface area contributed by atoms with Crippen LogP contribution in [0.4, 0.5) is 0 Å². The van der Waals surface area contributed by atoms with Gasteiger partial charge in [0.2, 0.25) is 0 Å². The summed E-state index contributed by atoms with van der Waals surface area (Å²) >= 11 is 5.84. The first-order valence-corrected chi connectivity index (χ1v) is 5.69. The molecule has 1 saturated heterocycles. The molecule has 1 fully saturated rings. The number of hydrogen-bond acceptors (Lipinski definition) is 2. The van der Waals surface area contributed by atoms with Crippen molar-refractivity contribution < 1.29 is 9.90 Å². The van der Waals surface area contributed by atoms with E-state index in [0.29, 0.717) is 30.1 Å². The van der Waals surface area contributed by atoms with Crippen molar-refractivity contribution in [2.75, 3.05) is 13.1 Å². The molecule has 1 unspecified atom stereocenters. The molecule has 0 saturated carbocycles. The van der Waals surface area contributed by atoms with Gasteiger partial charge >= 0.3 is 0 Å². The average Bonchev–Trinajstić information content (AvgIpc) is 2.64. The molecule has 1 aromatic rings. The zero-order valence-corrected chi connectivity index (χ0v) is 9.87. The molecule has 0 bridgehead atoms. The van der Waals surface area contributed by atoms with E-state index in [1.807, 2.05) is 6.92 Å². The number of nitrogens with zero attached hydrogens (tertiary/aromatic N) is 1. The molecule has 1 aromatic carbocycles. The van der Waals surface area contributed by atoms with Gasteiger partial charge in [-0.05, 0) is 37.1 Å². The lowest BCUT2D eigenvalue weighted by Crippen LogP contribution is -2.30. The van der Waals surface area contributed by atoms with Crippen LogP contribution in [0.1, 0.15) is 22.3 Å². The molecule has 1 aliphatic rings. The molecule has 2 rings (SSSR count). The standard InChI is InChI=1S/C12H14ClNO2/c1-8-6-9(13)2-3-11(8)12(16)14-5-4-10(15)7-14/h2-3,6,10,15H,4-5,7H2,1H3. The first-order valence-electron chi connectivity index (χ1n) is 5.31. The van der Waals surface area contributed by atoms with E-state index in [4.69, 9.17) is 11.6 Å². The normalized spacial score (nSPS) is 20.2. The van der Waals surface area contributed by atoms with Gasteiger partial charge in [0.05, 0.1) is 6.10 Å². The highest BCUT2D eigenvalue weighted by Gasteiger charge is 2.26. The maximum atomic E-state index is 12.1. The summed E-state index contributed by atoms with van der Waals surface area (Å²) in [5.41, 5.74) is 1.54. The molecule has 0 aliphatic carbocycles. The van der Waals surface area contributed by atoms with Crippen LogP contribution in [0.2, 0.25) is 5.02 Å². The molecule has 3 nitrogen and oxygen atoms in total. The van der Waals surface area contributed by atoms with Crippen LogP contribution in [0, 0.1) is 6.92 Å². The van der Waals surface area contributed by atoms with E-state index in [-0.39, 0.29) is 12.0 Å². The fourth-order valence-electron chi connectivity index (χ4n) is 1.96. The van der Waals surface area contributed by atoms with Crippen molar-refractivity contribution in [3.8, 4) is 0 Å². The van der Waals surface area contributed by atoms with Gasteiger partial charge in [0, 0.05) is 23.7 Å². The summed E-state index contributed by atoms with van der Waals surface area (Å²) in [7, 11) is 0. The van der Waals surface area contributed by atoms with Gasteiger partial charge < -0.3 is 10.0 Å². The molecule has 1 atom stereocenters. The lowest BCUT2D eigenvalue weighted by Gasteiger charge is -2.16. The fraction of sp³-hybridized carbons (Fsp3) is 0.417. The van der Waals surface area contributed by atoms with Gasteiger partial charge in [-0.3, -0.25) is 4.79 Å². The molecular formula is C12H14ClNO2. The van der Waals surface area contributed by atoms with Crippen LogP contribution in [0.25, 0.3) is 0 Å². The van der Waals surface area contributed by atoms with Crippen LogP contribution in [-0.2, 0) is 0 Å². The molecule has 1 aliphatic heterocycles. The fourth-order valence-corrected chi connectivity index (χ4v) is 2.19. The topological polar surface area (TPSA) is 40.5 Å². The molecule has 4 heteroatoms. The summed E-state index contributed by atoms with van der Waals surface area (Å²) < 4.78 is 0. The number of aryl methyl sites for hydroxylation is 1. The number of rotatable bonds is 1. The third-order valence-corrected chi connectivity index (χ3v) is 3.10. The van der Waals surface area contributed by atoms with Crippen LogP contribution in [0.15, 0.2) is 18.2 Å². The molecule has 0 aromatic heterocycles. The summed E-state index contributed by atoms with van der Waals surface area (Å²) in [6.07, 6.45) is 0.287. The Balaban J connectivity index is 2.21. The van der Waals surface area contributed by atoms with Crippen molar-refractivity contribution in [2.45, 2.75) is 19.4 Å². The Morgan fingerprint density at radius 3 is 2.88 bits per heavy atom. The summed E-state index contributed by atoms with van der Waals surface area (Å²) in [6, 6.07) is 5.24. The maximum Gasteiger partial charge on any atom is 0.254 e. The second-order valence-corrected chi connectivity index (χ2v) is 4.59. The van der Waals surface area contributed by atoms with E-state index >= 15 is 0 Å². The zero-order valence-electron chi connectivity index (χ0n) is 9.11. The van der Waals surface area contributed by atoms with Crippen molar-refractivity contribution in [1.82, 2.24) is 4.90 Å². The molecule has 1 amide bonds. The number of aliphatic hydroxyl groups excluding tert-OH is 1. The number of halogens is 1. The molecule has 1 N–H and O–H groups in total. The summed E-state index contributed by atoms with van der Waals surface area (Å²) in [5, 5.41) is 10.0. The van der Waals surface area contributed by atoms with Gasteiger partial charge in [0.25, 0.3) is 5.91 Å². The average molecular weight is 240 g/mol. The van der Waals surface area contributed by atoms with E-state index < -0.39 is 0 Å². The van der Waals surface area contributed by atoms with E-state index in [2.05, 4.69) is 0 Å². The van der Waals surface area contributed by atoms with Crippen LogP contribution in [0.5, 0.6) is 0 Å². The van der Waals surface area contributed by atoms with Crippen molar-refractivity contribution >= 4 is 17.5 Å². The summed E-state index contributed by atoms with van der Waals surface area (Å²) in [4.78, 5) is 13.8. The number of likely N-dealkylation sites (tertiary alicyclic amines) is 1. The van der Waals surface area contributed by atoms with Gasteiger partial charge in [0.1, 0.15) is 0 Å². The number of β-amino-alcohol motifs (C(OH)–C–C–N with tert-alkyl or cyclic N) is 1. The Hall–Kier alpha value is -1.06. The van der Waals surface area contributed by atoms with Gasteiger partial charge in [-0.15, -0.1) is 0 Å². The predicted molar refractivity (Wildman–Crippen MR) is 62.7 cm³/mol. The molecule has 0 spiro atoms. The largest absolute Gasteiger partial charge is 0.391 e. The van der Waals surface area contributed by atoms with Crippen molar-refractivity contribution in [1.29, 1.82) is 0 Å². The Labute approximate surface area is 99.6 Å². The molecule has 86 valence electrons. The predicted octanol–water partition coefficient (Wildman–Crippen LogP) is 1.86. The lowest BCUT2D eigenvalue weighted by atomic mass is 10.1. The number of amides is 1. The van der Waals surface area contributed by atoms with Gasteiger partial charge in [-0.1, -0.05) is 11.6 Å². The summed E-state index contributed by atoms with van der Waals surface area (Å²) in [6.45, 7) is 2.93. The first kappa shape index (κ1) is 11.4. The zero-order chi connectivity index (χ0) is 11.7. The number of hydrogen-bond donors (Lipinski definition) is 1.